The van der Waals surface area contributed by atoms with Crippen LogP contribution in [0, 0.1) is 22.7 Å². The van der Waals surface area contributed by atoms with Crippen LogP contribution in [-0.4, -0.2) is 15.3 Å². The van der Waals surface area contributed by atoms with Crippen molar-refractivity contribution in [2.75, 3.05) is 0 Å². The van der Waals surface area contributed by atoms with E-state index in [1.54, 1.807) is 30.3 Å². The predicted octanol–water partition coefficient (Wildman–Crippen LogP) is 8.03. The van der Waals surface area contributed by atoms with E-state index in [9.17, 15) is 15.3 Å². The van der Waals surface area contributed by atoms with Gasteiger partial charge in [-0.1, -0.05) is 84.9 Å². The van der Waals surface area contributed by atoms with Gasteiger partial charge in [0.1, 0.15) is 17.7 Å². The first-order valence-electron chi connectivity index (χ1n) is 13.3. The van der Waals surface area contributed by atoms with Crippen LogP contribution in [0.1, 0.15) is 21.6 Å². The fourth-order valence-corrected chi connectivity index (χ4v) is 5.41. The Morgan fingerprint density at radius 3 is 2.02 bits per heavy atom. The number of oxazole rings is 1. The zero-order valence-corrected chi connectivity index (χ0v) is 22.2. The molecule has 0 N–H and O–H groups in total. The molecule has 6 aromatic rings. The second kappa shape index (κ2) is 10.1. The van der Waals surface area contributed by atoms with Gasteiger partial charge < -0.3 is 4.42 Å². The SMILES string of the molecule is N#CC(C#N)=C1/C(=C/c2cc3oc(-c4ccc(-c5ccccc5)cc4)nc3n2-c2ccccc2)C(=O)c2ccccc21. The molecule has 0 saturated carbocycles. The fourth-order valence-electron chi connectivity index (χ4n) is 5.41. The fraction of sp³-hybridized carbons (Fsp3) is 0. The molecule has 0 spiro atoms. The first-order valence-corrected chi connectivity index (χ1v) is 13.3. The molecule has 0 fully saturated rings. The molecule has 0 unspecified atom stereocenters. The first-order chi connectivity index (χ1) is 20.7. The number of Topliss-reactive ketones (excluding diaryl/α,β-unsaturated/α-hetero) is 1. The average molecular weight is 541 g/mol. The van der Waals surface area contributed by atoms with E-state index in [0.717, 1.165) is 22.4 Å². The smallest absolute Gasteiger partial charge is 0.228 e. The highest BCUT2D eigenvalue weighted by Gasteiger charge is 2.33. The predicted molar refractivity (Wildman–Crippen MR) is 161 cm³/mol. The number of nitrogens with zero attached hydrogens (tertiary/aromatic N) is 4. The summed E-state index contributed by atoms with van der Waals surface area (Å²) in [7, 11) is 0. The molecule has 196 valence electrons. The lowest BCUT2D eigenvalue weighted by molar-refractivity contribution is 0.104. The van der Waals surface area contributed by atoms with E-state index in [1.807, 2.05) is 95.6 Å². The van der Waals surface area contributed by atoms with E-state index in [1.165, 1.54) is 0 Å². The van der Waals surface area contributed by atoms with E-state index in [2.05, 4.69) is 12.1 Å². The minimum absolute atomic E-state index is 0.111. The van der Waals surface area contributed by atoms with E-state index >= 15 is 0 Å². The van der Waals surface area contributed by atoms with Crippen LogP contribution < -0.4 is 0 Å². The normalized spacial score (nSPS) is 13.2. The summed E-state index contributed by atoms with van der Waals surface area (Å²) < 4.78 is 8.17. The molecule has 42 heavy (non-hydrogen) atoms. The van der Waals surface area contributed by atoms with Crippen LogP contribution in [0.5, 0.6) is 0 Å². The molecule has 0 atom stereocenters. The lowest BCUT2D eigenvalue weighted by Crippen LogP contribution is -2.00. The summed E-state index contributed by atoms with van der Waals surface area (Å²) in [5.41, 5.74) is 7.20. The maximum atomic E-state index is 13.5. The molecule has 0 radical (unpaired) electrons. The van der Waals surface area contributed by atoms with E-state index < -0.39 is 0 Å². The molecule has 0 aliphatic heterocycles. The lowest BCUT2D eigenvalue weighted by atomic mass is 9.99. The van der Waals surface area contributed by atoms with Gasteiger partial charge in [0.05, 0.1) is 5.69 Å². The van der Waals surface area contributed by atoms with Gasteiger partial charge >= 0.3 is 0 Å². The Morgan fingerprint density at radius 2 is 1.33 bits per heavy atom. The van der Waals surface area contributed by atoms with Crippen molar-refractivity contribution in [3.63, 3.8) is 0 Å². The molecular weight excluding hydrogens is 520 g/mol. The summed E-state index contributed by atoms with van der Waals surface area (Å²) in [6, 6.07) is 40.7. The summed E-state index contributed by atoms with van der Waals surface area (Å²) in [4.78, 5) is 18.4. The Morgan fingerprint density at radius 1 is 0.738 bits per heavy atom. The Kier molecular flexibility index (Phi) is 5.93. The van der Waals surface area contributed by atoms with Crippen molar-refractivity contribution >= 4 is 28.7 Å². The second-order valence-corrected chi connectivity index (χ2v) is 9.80. The van der Waals surface area contributed by atoms with Gasteiger partial charge in [-0.15, -0.1) is 0 Å². The van der Waals surface area contributed by atoms with Crippen LogP contribution in [0.2, 0.25) is 0 Å². The number of ketones is 1. The van der Waals surface area contributed by atoms with Crippen molar-refractivity contribution in [3.05, 3.63) is 143 Å². The monoisotopic (exact) mass is 540 g/mol. The number of rotatable bonds is 4. The van der Waals surface area contributed by atoms with Crippen molar-refractivity contribution in [1.29, 1.82) is 10.5 Å². The number of allylic oxidation sites excluding steroid dienone is 3. The van der Waals surface area contributed by atoms with Crippen molar-refractivity contribution in [2.45, 2.75) is 0 Å². The molecular formula is C36H20N4O2. The number of fused-ring (bicyclic) bond motifs is 2. The van der Waals surface area contributed by atoms with Gasteiger partial charge in [0.25, 0.3) is 0 Å². The molecule has 0 amide bonds. The lowest BCUT2D eigenvalue weighted by Gasteiger charge is -2.08. The standard InChI is InChI=1S/C36H20N4O2/c37-21-26(22-38)33-29-13-7-8-14-30(29)34(41)31(33)19-28-20-32-35(40(28)27-11-5-2-6-12-27)39-36(42-32)25-17-15-24(16-18-25)23-9-3-1-4-10-23/h1-20H/b31-19-. The topological polar surface area (TPSA) is 95.6 Å². The zero-order valence-electron chi connectivity index (χ0n) is 22.2. The molecule has 0 saturated heterocycles. The number of para-hydroxylation sites is 1. The molecule has 2 heterocycles. The highest BCUT2D eigenvalue weighted by molar-refractivity contribution is 6.29. The van der Waals surface area contributed by atoms with Gasteiger partial charge in [0, 0.05) is 34.0 Å². The maximum Gasteiger partial charge on any atom is 0.228 e. The van der Waals surface area contributed by atoms with E-state index in [-0.39, 0.29) is 16.9 Å². The van der Waals surface area contributed by atoms with Crippen LogP contribution in [0.4, 0.5) is 0 Å². The average Bonchev–Trinajstić information content (AvgIpc) is 3.69. The summed E-state index contributed by atoms with van der Waals surface area (Å²) in [6.07, 6.45) is 1.71. The van der Waals surface area contributed by atoms with Gasteiger partial charge in [-0.25, -0.2) is 0 Å². The van der Waals surface area contributed by atoms with E-state index in [4.69, 9.17) is 9.40 Å². The van der Waals surface area contributed by atoms with Gasteiger partial charge in [-0.2, -0.15) is 15.5 Å². The number of hydrogen-bond donors (Lipinski definition) is 0. The maximum absolute atomic E-state index is 13.5. The zero-order chi connectivity index (χ0) is 28.6. The Balaban J connectivity index is 1.38. The second-order valence-electron chi connectivity index (χ2n) is 9.80. The Bertz CT molecular complexity index is 2140. The highest BCUT2D eigenvalue weighted by atomic mass is 16.3. The van der Waals surface area contributed by atoms with Gasteiger partial charge in [0.2, 0.25) is 5.89 Å². The van der Waals surface area contributed by atoms with Crippen molar-refractivity contribution < 1.29 is 9.21 Å². The van der Waals surface area contributed by atoms with Crippen LogP contribution in [0.3, 0.4) is 0 Å². The molecule has 1 aliphatic carbocycles. The minimum atomic E-state index is -0.242. The quantitative estimate of drug-likeness (QED) is 0.167. The molecule has 4 aromatic carbocycles. The molecule has 0 bridgehead atoms. The summed E-state index contributed by atoms with van der Waals surface area (Å²) >= 11 is 0. The van der Waals surface area contributed by atoms with Gasteiger partial charge in [-0.05, 0) is 47.0 Å². The van der Waals surface area contributed by atoms with Gasteiger partial charge in [-0.3, -0.25) is 9.36 Å². The van der Waals surface area contributed by atoms with Crippen LogP contribution >= 0.6 is 0 Å². The third kappa shape index (κ3) is 4.03. The minimum Gasteiger partial charge on any atom is -0.434 e. The van der Waals surface area contributed by atoms with Crippen LogP contribution in [-0.2, 0) is 0 Å². The molecule has 6 nitrogen and oxygen atoms in total. The highest BCUT2D eigenvalue weighted by Crippen LogP contribution is 2.41. The third-order valence-corrected chi connectivity index (χ3v) is 7.36. The molecule has 2 aromatic heterocycles. The largest absolute Gasteiger partial charge is 0.434 e. The number of hydrogen-bond acceptors (Lipinski definition) is 5. The van der Waals surface area contributed by atoms with Crippen molar-refractivity contribution in [2.24, 2.45) is 0 Å². The summed E-state index contributed by atoms with van der Waals surface area (Å²) in [6.45, 7) is 0. The molecule has 7 rings (SSSR count). The van der Waals surface area contributed by atoms with Crippen molar-refractivity contribution in [3.8, 4) is 40.4 Å². The van der Waals surface area contributed by atoms with Crippen LogP contribution in [0.15, 0.2) is 131 Å². The molecule has 1 aliphatic rings. The van der Waals surface area contributed by atoms with E-state index in [0.29, 0.717) is 39.5 Å². The Hall–Kier alpha value is -6.24. The number of carbonyl (C=O) groups is 1. The number of carbonyl (C=O) groups excluding carboxylic acids is 1. The van der Waals surface area contributed by atoms with Gasteiger partial charge in [0.15, 0.2) is 17.0 Å². The van der Waals surface area contributed by atoms with Crippen molar-refractivity contribution in [1.82, 2.24) is 9.55 Å². The first kappa shape index (κ1) is 24.8. The number of benzene rings is 4. The van der Waals surface area contributed by atoms with Crippen LogP contribution in [0.25, 0.3) is 51.1 Å². The summed E-state index contributed by atoms with van der Waals surface area (Å²) in [5, 5.41) is 19.4. The molecule has 6 heteroatoms. The Labute approximate surface area is 241 Å². The third-order valence-electron chi connectivity index (χ3n) is 7.36. The number of nitriles is 2. The summed E-state index contributed by atoms with van der Waals surface area (Å²) in [5.74, 6) is 0.234. The number of aromatic nitrogens is 2.